The van der Waals surface area contributed by atoms with Crippen LogP contribution in [0.3, 0.4) is 0 Å². The Morgan fingerprint density at radius 2 is 1.71 bits per heavy atom. The maximum Gasteiger partial charge on any atom is 2.00 e. The maximum atomic E-state index is 5.56. The molecule has 0 aliphatic rings. The van der Waals surface area contributed by atoms with Gasteiger partial charge in [0, 0.05) is 5.38 Å². The molecule has 0 fully saturated rings. The number of rotatable bonds is 8. The van der Waals surface area contributed by atoms with Crippen molar-refractivity contribution in [2.45, 2.75) is 45.4 Å². The molecule has 1 aromatic rings. The molecular weight excluding hydrogens is 376 g/mol. The van der Waals surface area contributed by atoms with Gasteiger partial charge >= 0.3 is 23.1 Å². The van der Waals surface area contributed by atoms with Gasteiger partial charge in [-0.1, -0.05) is 39.0 Å². The second-order valence-corrected chi connectivity index (χ2v) is 4.36. The molecule has 0 radical (unpaired) electrons. The number of unbranched alkanes of at least 4 members (excludes halogenated alkanes) is 5. The Hall–Kier alpha value is 1.23. The number of halogens is 2. The zero-order chi connectivity index (χ0) is 10.1. The fraction of sp³-hybridized carbons (Fsp3) is 0.667. The van der Waals surface area contributed by atoms with Crippen LogP contribution in [0.15, 0.2) is 16.8 Å². The smallest absolute Gasteiger partial charge is 1.00 e. The molecule has 1 nitrogen and oxygen atoms in total. The zero-order valence-corrected chi connectivity index (χ0v) is 15.9. The molecule has 0 saturated heterocycles. The fourth-order valence-corrected chi connectivity index (χ4v) is 1.98. The van der Waals surface area contributed by atoms with Gasteiger partial charge in [0.05, 0.1) is 6.61 Å². The molecule has 1 heterocycles. The van der Waals surface area contributed by atoms with Crippen LogP contribution in [-0.2, 0) is 0 Å². The van der Waals surface area contributed by atoms with E-state index in [9.17, 15) is 0 Å². The van der Waals surface area contributed by atoms with E-state index in [-0.39, 0.29) is 57.0 Å². The Bertz CT molecular complexity index is 220. The average molecular weight is 396 g/mol. The third kappa shape index (κ3) is 13.5. The van der Waals surface area contributed by atoms with Gasteiger partial charge in [0.25, 0.3) is 0 Å². The second kappa shape index (κ2) is 17.2. The van der Waals surface area contributed by atoms with Crippen molar-refractivity contribution < 1.29 is 38.7 Å². The normalized spacial score (nSPS) is 8.53. The van der Waals surface area contributed by atoms with Crippen molar-refractivity contribution in [3.63, 3.8) is 0 Å². The van der Waals surface area contributed by atoms with Gasteiger partial charge in [-0.2, -0.15) is 0 Å². The standard InChI is InChI=1S/C12H20OS.2BrH.Mg/c1-2-3-4-5-6-7-9-13-12-8-10-14-11-12;;;/h8,10-11H,2-7,9H2,1H3;2*1H;/q;;;+2/p-2. The summed E-state index contributed by atoms with van der Waals surface area (Å²) in [6, 6.07) is 2.03. The first-order valence-electron chi connectivity index (χ1n) is 5.58. The molecule has 96 valence electrons. The maximum absolute atomic E-state index is 5.56. The fourth-order valence-electron chi connectivity index (χ4n) is 1.41. The molecule has 0 atom stereocenters. The van der Waals surface area contributed by atoms with E-state index in [0.717, 1.165) is 12.4 Å². The summed E-state index contributed by atoms with van der Waals surface area (Å²) < 4.78 is 5.56. The Labute approximate surface area is 146 Å². The van der Waals surface area contributed by atoms with Gasteiger partial charge in [0.2, 0.25) is 0 Å². The molecule has 0 amide bonds. The van der Waals surface area contributed by atoms with Crippen molar-refractivity contribution in [3.05, 3.63) is 16.8 Å². The van der Waals surface area contributed by atoms with Crippen molar-refractivity contribution in [3.8, 4) is 5.75 Å². The van der Waals surface area contributed by atoms with Crippen LogP contribution in [0.2, 0.25) is 0 Å². The summed E-state index contributed by atoms with van der Waals surface area (Å²) in [4.78, 5) is 0. The molecule has 1 rings (SSSR count). The summed E-state index contributed by atoms with van der Waals surface area (Å²) >= 11 is 1.69. The minimum atomic E-state index is 0. The molecule has 0 unspecified atom stereocenters. The molecule has 0 saturated carbocycles. The number of ether oxygens (including phenoxy) is 1. The van der Waals surface area contributed by atoms with Gasteiger partial charge in [0.15, 0.2) is 0 Å². The summed E-state index contributed by atoms with van der Waals surface area (Å²) in [5.41, 5.74) is 0. The van der Waals surface area contributed by atoms with E-state index in [0.29, 0.717) is 0 Å². The largest absolute Gasteiger partial charge is 2.00 e. The second-order valence-electron chi connectivity index (χ2n) is 3.58. The van der Waals surface area contributed by atoms with Crippen LogP contribution in [0.1, 0.15) is 45.4 Å². The van der Waals surface area contributed by atoms with Crippen LogP contribution >= 0.6 is 11.3 Å². The van der Waals surface area contributed by atoms with Crippen LogP contribution in [0.25, 0.3) is 0 Å². The van der Waals surface area contributed by atoms with Gasteiger partial charge in [-0.25, -0.2) is 0 Å². The van der Waals surface area contributed by atoms with Crippen molar-refractivity contribution in [2.75, 3.05) is 6.61 Å². The van der Waals surface area contributed by atoms with Crippen LogP contribution in [0.5, 0.6) is 5.75 Å². The molecule has 0 spiro atoms. The summed E-state index contributed by atoms with van der Waals surface area (Å²) in [5, 5.41) is 4.10. The molecule has 0 aromatic carbocycles. The molecule has 1 aromatic heterocycles. The average Bonchev–Trinajstić information content (AvgIpc) is 2.69. The predicted molar refractivity (Wildman–Crippen MR) is 68.9 cm³/mol. The van der Waals surface area contributed by atoms with Gasteiger partial charge in [-0.05, 0) is 17.9 Å². The first-order chi connectivity index (χ1) is 6.93. The van der Waals surface area contributed by atoms with E-state index >= 15 is 0 Å². The number of thiophene rings is 1. The van der Waals surface area contributed by atoms with Crippen molar-refractivity contribution in [1.82, 2.24) is 0 Å². The Kier molecular flexibility index (Phi) is 23.6. The van der Waals surface area contributed by atoms with E-state index in [2.05, 4.69) is 17.7 Å². The van der Waals surface area contributed by atoms with Crippen molar-refractivity contribution >= 4 is 34.4 Å². The van der Waals surface area contributed by atoms with E-state index in [1.807, 2.05) is 6.07 Å². The van der Waals surface area contributed by atoms with Crippen LogP contribution < -0.4 is 38.7 Å². The topological polar surface area (TPSA) is 9.23 Å². The predicted octanol–water partition coefficient (Wildman–Crippen LogP) is -1.89. The summed E-state index contributed by atoms with van der Waals surface area (Å²) in [5.74, 6) is 1.03. The molecule has 5 heteroatoms. The van der Waals surface area contributed by atoms with Crippen molar-refractivity contribution in [1.29, 1.82) is 0 Å². The first-order valence-corrected chi connectivity index (χ1v) is 6.52. The van der Waals surface area contributed by atoms with E-state index < -0.39 is 0 Å². The minimum Gasteiger partial charge on any atom is -1.00 e. The quantitative estimate of drug-likeness (QED) is 0.369. The van der Waals surface area contributed by atoms with Gasteiger partial charge in [-0.15, -0.1) is 11.3 Å². The number of hydrogen-bond donors (Lipinski definition) is 0. The third-order valence-corrected chi connectivity index (χ3v) is 2.92. The SMILES string of the molecule is CCCCCCCCOc1ccsc1.[Br-].[Br-].[Mg+2]. The minimum absolute atomic E-state index is 0. The molecule has 0 bridgehead atoms. The van der Waals surface area contributed by atoms with E-state index in [4.69, 9.17) is 4.74 Å². The summed E-state index contributed by atoms with van der Waals surface area (Å²) in [6.07, 6.45) is 7.95. The number of hydrogen-bond acceptors (Lipinski definition) is 2. The molecule has 0 aliphatic carbocycles. The van der Waals surface area contributed by atoms with Crippen molar-refractivity contribution in [2.24, 2.45) is 0 Å². The summed E-state index contributed by atoms with van der Waals surface area (Å²) in [7, 11) is 0. The van der Waals surface area contributed by atoms with E-state index in [1.54, 1.807) is 11.3 Å². The van der Waals surface area contributed by atoms with E-state index in [1.165, 1.54) is 38.5 Å². The molecule has 17 heavy (non-hydrogen) atoms. The molecule has 0 N–H and O–H groups in total. The Morgan fingerprint density at radius 3 is 2.29 bits per heavy atom. The van der Waals surface area contributed by atoms with Crippen LogP contribution in [0, 0.1) is 0 Å². The Morgan fingerprint density at radius 1 is 1.06 bits per heavy atom. The Balaban J connectivity index is -0.000000653. The van der Waals surface area contributed by atoms with Crippen LogP contribution in [-0.4, -0.2) is 29.7 Å². The van der Waals surface area contributed by atoms with Gasteiger partial charge in [-0.3, -0.25) is 0 Å². The van der Waals surface area contributed by atoms with Crippen LogP contribution in [0.4, 0.5) is 0 Å². The summed E-state index contributed by atoms with van der Waals surface area (Å²) in [6.45, 7) is 3.13. The van der Waals surface area contributed by atoms with Gasteiger partial charge in [0.1, 0.15) is 5.75 Å². The molecule has 0 aliphatic heterocycles. The zero-order valence-electron chi connectivity index (χ0n) is 10.5. The first kappa shape index (κ1) is 23.3. The monoisotopic (exact) mass is 394 g/mol. The van der Waals surface area contributed by atoms with Gasteiger partial charge < -0.3 is 38.7 Å². The third-order valence-electron chi connectivity index (χ3n) is 2.26. The molecular formula is C12H20Br2MgOS.